The minimum atomic E-state index is -0.732. The first-order valence-electron chi connectivity index (χ1n) is 12.6. The van der Waals surface area contributed by atoms with Crippen molar-refractivity contribution < 1.29 is 23.9 Å². The van der Waals surface area contributed by atoms with Crippen LogP contribution in [0, 0.1) is 18.8 Å². The number of hydrogen-bond acceptors (Lipinski definition) is 5. The van der Waals surface area contributed by atoms with Gasteiger partial charge in [0.1, 0.15) is 0 Å². The second-order valence-corrected chi connectivity index (χ2v) is 10.2. The number of carbonyl (C=O) groups is 4. The standard InChI is InChI=1S/C30H27ClN2O5/c1-18-10-12-22(16-26(18)31)32-27(34)17-38-30(37)21-8-5-9-23(14-21)33-28(35)24-13-11-20(15-25(24)29(33)36)19-6-3-2-4-7-19/h2-10,12,14,16,20,24-25H,11,13,15,17H2,1H3,(H,32,34)/t20-,24+,25-/m0/s1. The molecule has 5 rings (SSSR count). The number of amides is 3. The van der Waals surface area contributed by atoms with Crippen molar-refractivity contribution in [1.29, 1.82) is 0 Å². The van der Waals surface area contributed by atoms with Gasteiger partial charge in [0.15, 0.2) is 6.61 Å². The van der Waals surface area contributed by atoms with Gasteiger partial charge in [-0.05, 0) is 73.6 Å². The van der Waals surface area contributed by atoms with Crippen LogP contribution in [0.4, 0.5) is 11.4 Å². The Morgan fingerprint density at radius 3 is 2.47 bits per heavy atom. The molecule has 2 fully saturated rings. The average molecular weight is 531 g/mol. The predicted octanol–water partition coefficient (Wildman–Crippen LogP) is 5.52. The first-order valence-corrected chi connectivity index (χ1v) is 13.0. The smallest absolute Gasteiger partial charge is 0.338 e. The normalized spacial score (nSPS) is 20.7. The third-order valence-electron chi connectivity index (χ3n) is 7.33. The first-order chi connectivity index (χ1) is 18.3. The van der Waals surface area contributed by atoms with E-state index in [2.05, 4.69) is 17.4 Å². The van der Waals surface area contributed by atoms with E-state index >= 15 is 0 Å². The van der Waals surface area contributed by atoms with Crippen molar-refractivity contribution >= 4 is 46.7 Å². The molecule has 1 saturated heterocycles. The number of fused-ring (bicyclic) bond motifs is 1. The van der Waals surface area contributed by atoms with Crippen molar-refractivity contribution in [1.82, 2.24) is 0 Å². The van der Waals surface area contributed by atoms with Gasteiger partial charge >= 0.3 is 5.97 Å². The first kappa shape index (κ1) is 25.7. The Balaban J connectivity index is 1.24. The van der Waals surface area contributed by atoms with E-state index < -0.39 is 18.5 Å². The Kier molecular flexibility index (Phi) is 7.29. The van der Waals surface area contributed by atoms with Gasteiger partial charge in [-0.15, -0.1) is 0 Å². The molecule has 0 aromatic heterocycles. The van der Waals surface area contributed by atoms with Crippen LogP contribution >= 0.6 is 11.6 Å². The maximum Gasteiger partial charge on any atom is 0.338 e. The number of esters is 1. The van der Waals surface area contributed by atoms with Gasteiger partial charge in [0.2, 0.25) is 11.8 Å². The van der Waals surface area contributed by atoms with E-state index in [1.54, 1.807) is 30.3 Å². The average Bonchev–Trinajstić information content (AvgIpc) is 3.19. The molecule has 8 heteroatoms. The Morgan fingerprint density at radius 1 is 0.947 bits per heavy atom. The second kappa shape index (κ2) is 10.8. The number of ether oxygens (including phenoxy) is 1. The summed E-state index contributed by atoms with van der Waals surface area (Å²) in [7, 11) is 0. The van der Waals surface area contributed by atoms with Crippen molar-refractivity contribution in [3.05, 3.63) is 94.5 Å². The maximum absolute atomic E-state index is 13.4. The van der Waals surface area contributed by atoms with Crippen molar-refractivity contribution in [2.45, 2.75) is 32.1 Å². The van der Waals surface area contributed by atoms with Gasteiger partial charge in [-0.25, -0.2) is 4.79 Å². The van der Waals surface area contributed by atoms with Crippen LogP contribution in [0.3, 0.4) is 0 Å². The number of hydrogen-bond donors (Lipinski definition) is 1. The molecule has 3 aromatic rings. The molecule has 194 valence electrons. The highest BCUT2D eigenvalue weighted by atomic mass is 35.5. The Hall–Kier alpha value is -3.97. The highest BCUT2D eigenvalue weighted by Crippen LogP contribution is 2.45. The van der Waals surface area contributed by atoms with Crippen LogP contribution < -0.4 is 10.2 Å². The monoisotopic (exact) mass is 530 g/mol. The molecule has 1 heterocycles. The summed E-state index contributed by atoms with van der Waals surface area (Å²) in [5, 5.41) is 3.14. The number of aryl methyl sites for hydroxylation is 1. The van der Waals surface area contributed by atoms with E-state index in [0.717, 1.165) is 12.0 Å². The van der Waals surface area contributed by atoms with E-state index in [1.807, 2.05) is 25.1 Å². The number of nitrogens with one attached hydrogen (secondary N) is 1. The number of anilines is 2. The molecule has 3 aromatic carbocycles. The maximum atomic E-state index is 13.4. The predicted molar refractivity (Wildman–Crippen MR) is 144 cm³/mol. The van der Waals surface area contributed by atoms with Crippen LogP contribution in [-0.2, 0) is 19.1 Å². The largest absolute Gasteiger partial charge is 0.452 e. The molecule has 7 nitrogen and oxygen atoms in total. The minimum absolute atomic E-state index is 0.145. The summed E-state index contributed by atoms with van der Waals surface area (Å²) in [6.45, 7) is 1.35. The molecule has 0 radical (unpaired) electrons. The fraction of sp³-hybridized carbons (Fsp3) is 0.267. The zero-order chi connectivity index (χ0) is 26.8. The summed E-state index contributed by atoms with van der Waals surface area (Å²) >= 11 is 6.08. The van der Waals surface area contributed by atoms with Crippen LogP contribution in [0.2, 0.25) is 5.02 Å². The van der Waals surface area contributed by atoms with E-state index in [9.17, 15) is 19.2 Å². The van der Waals surface area contributed by atoms with E-state index in [0.29, 0.717) is 29.2 Å². The summed E-state index contributed by atoms with van der Waals surface area (Å²) < 4.78 is 5.17. The van der Waals surface area contributed by atoms with Gasteiger partial charge in [-0.2, -0.15) is 0 Å². The molecule has 1 aliphatic carbocycles. The second-order valence-electron chi connectivity index (χ2n) is 9.78. The summed E-state index contributed by atoms with van der Waals surface area (Å²) in [4.78, 5) is 52.7. The molecule has 1 saturated carbocycles. The molecule has 0 unspecified atom stereocenters. The number of nitrogens with zero attached hydrogens (tertiary/aromatic N) is 1. The van der Waals surface area contributed by atoms with Crippen molar-refractivity contribution in [3.63, 3.8) is 0 Å². The van der Waals surface area contributed by atoms with Crippen LogP contribution in [0.1, 0.15) is 46.7 Å². The van der Waals surface area contributed by atoms with Crippen LogP contribution in [0.15, 0.2) is 72.8 Å². The van der Waals surface area contributed by atoms with Gasteiger partial charge in [-0.1, -0.05) is 54.1 Å². The molecule has 3 atom stereocenters. The fourth-order valence-corrected chi connectivity index (χ4v) is 5.50. The Labute approximate surface area is 225 Å². The highest BCUT2D eigenvalue weighted by molar-refractivity contribution is 6.31. The van der Waals surface area contributed by atoms with Gasteiger partial charge in [0.25, 0.3) is 5.91 Å². The summed E-state index contributed by atoms with van der Waals surface area (Å²) in [5.74, 6) is -2.21. The third kappa shape index (κ3) is 5.20. The quantitative estimate of drug-likeness (QED) is 0.335. The minimum Gasteiger partial charge on any atom is -0.452 e. The molecule has 38 heavy (non-hydrogen) atoms. The fourth-order valence-electron chi connectivity index (χ4n) is 5.32. The lowest BCUT2D eigenvalue weighted by Gasteiger charge is -2.28. The molecule has 1 N–H and O–H groups in total. The summed E-state index contributed by atoms with van der Waals surface area (Å²) in [6, 6.07) is 21.4. The lowest BCUT2D eigenvalue weighted by molar-refractivity contribution is -0.122. The van der Waals surface area contributed by atoms with E-state index in [1.165, 1.54) is 22.6 Å². The lowest BCUT2D eigenvalue weighted by atomic mass is 9.73. The summed E-state index contributed by atoms with van der Waals surface area (Å²) in [5.41, 5.74) is 3.03. The van der Waals surface area contributed by atoms with Crippen LogP contribution in [0.25, 0.3) is 0 Å². The van der Waals surface area contributed by atoms with E-state index in [-0.39, 0.29) is 35.1 Å². The zero-order valence-electron chi connectivity index (χ0n) is 20.9. The number of carbonyl (C=O) groups excluding carboxylic acids is 4. The van der Waals surface area contributed by atoms with Crippen molar-refractivity contribution in [3.8, 4) is 0 Å². The van der Waals surface area contributed by atoms with Crippen molar-refractivity contribution in [2.75, 3.05) is 16.8 Å². The van der Waals surface area contributed by atoms with Crippen LogP contribution in [0.5, 0.6) is 0 Å². The number of imide groups is 1. The molecular formula is C30H27ClN2O5. The Morgan fingerprint density at radius 2 is 1.71 bits per heavy atom. The number of benzene rings is 3. The topological polar surface area (TPSA) is 92.8 Å². The van der Waals surface area contributed by atoms with Gasteiger partial charge in [0.05, 0.1) is 23.1 Å². The molecule has 3 amide bonds. The van der Waals surface area contributed by atoms with Gasteiger partial charge in [0, 0.05) is 10.7 Å². The molecule has 2 aliphatic rings. The lowest BCUT2D eigenvalue weighted by Crippen LogP contribution is -2.31. The molecular weight excluding hydrogens is 504 g/mol. The highest BCUT2D eigenvalue weighted by Gasteiger charge is 2.50. The van der Waals surface area contributed by atoms with Gasteiger partial charge < -0.3 is 10.1 Å². The number of halogens is 1. The van der Waals surface area contributed by atoms with E-state index in [4.69, 9.17) is 16.3 Å². The third-order valence-corrected chi connectivity index (χ3v) is 7.73. The summed E-state index contributed by atoms with van der Waals surface area (Å²) in [6.07, 6.45) is 2.12. The van der Waals surface area contributed by atoms with Crippen LogP contribution in [-0.4, -0.2) is 30.3 Å². The van der Waals surface area contributed by atoms with Crippen molar-refractivity contribution in [2.24, 2.45) is 11.8 Å². The number of rotatable bonds is 6. The molecule has 0 bridgehead atoms. The Bertz CT molecular complexity index is 1410. The molecule has 0 spiro atoms. The molecule has 1 aliphatic heterocycles. The van der Waals surface area contributed by atoms with Gasteiger partial charge in [-0.3, -0.25) is 19.3 Å². The zero-order valence-corrected chi connectivity index (χ0v) is 21.6. The SMILES string of the molecule is Cc1ccc(NC(=O)COC(=O)c2cccc(N3C(=O)[C@H]4C[C@@H](c5ccccc5)CC[C@H]4C3=O)c2)cc1Cl.